The molecule has 0 aliphatic carbocycles. The minimum absolute atomic E-state index is 0.110. The van der Waals surface area contributed by atoms with Crippen LogP contribution in [0.2, 0.25) is 0 Å². The second-order valence-electron chi connectivity index (χ2n) is 7.28. The molecule has 2 N–H and O–H groups in total. The van der Waals surface area contributed by atoms with E-state index in [2.05, 4.69) is 20.5 Å². The Hall–Kier alpha value is -3.27. The molecule has 10 heteroatoms. The van der Waals surface area contributed by atoms with Gasteiger partial charge in [-0.15, -0.1) is 0 Å². The molecule has 0 bridgehead atoms. The molecular formula is C20H21N5O4S. The molecule has 0 spiro atoms. The van der Waals surface area contributed by atoms with Gasteiger partial charge >= 0.3 is 0 Å². The molecule has 1 aromatic carbocycles. The number of benzene rings is 1. The van der Waals surface area contributed by atoms with E-state index in [4.69, 9.17) is 0 Å². The molecule has 30 heavy (non-hydrogen) atoms. The average molecular weight is 427 g/mol. The fourth-order valence-electron chi connectivity index (χ4n) is 3.50. The van der Waals surface area contributed by atoms with E-state index in [1.807, 2.05) is 0 Å². The van der Waals surface area contributed by atoms with Crippen molar-refractivity contribution in [3.05, 3.63) is 53.9 Å². The number of likely N-dealkylation sites (tertiary alicyclic amines) is 1. The summed E-state index contributed by atoms with van der Waals surface area (Å²) in [5.74, 6) is -0.390. The van der Waals surface area contributed by atoms with E-state index in [0.29, 0.717) is 24.2 Å². The van der Waals surface area contributed by atoms with Gasteiger partial charge in [0.25, 0.3) is 5.91 Å². The van der Waals surface area contributed by atoms with Crippen molar-refractivity contribution in [2.24, 2.45) is 0 Å². The van der Waals surface area contributed by atoms with E-state index in [1.54, 1.807) is 41.4 Å². The summed E-state index contributed by atoms with van der Waals surface area (Å²) in [5.41, 5.74) is 1.80. The topological polar surface area (TPSA) is 125 Å². The van der Waals surface area contributed by atoms with Crippen LogP contribution in [-0.2, 0) is 21.2 Å². The Balaban J connectivity index is 1.39. The van der Waals surface area contributed by atoms with Gasteiger partial charge in [0.2, 0.25) is 5.91 Å². The first-order valence-corrected chi connectivity index (χ1v) is 11.0. The molecule has 1 aliphatic rings. The van der Waals surface area contributed by atoms with Crippen LogP contribution in [0.3, 0.4) is 0 Å². The molecule has 1 aliphatic heterocycles. The smallest absolute Gasteiger partial charge is 0.253 e. The van der Waals surface area contributed by atoms with Crippen LogP contribution in [0.25, 0.3) is 11.0 Å². The molecule has 1 unspecified atom stereocenters. The zero-order valence-corrected chi connectivity index (χ0v) is 17.1. The maximum atomic E-state index is 12.8. The molecule has 0 saturated carbocycles. The summed E-state index contributed by atoms with van der Waals surface area (Å²) in [6.07, 6.45) is 3.50. The molecule has 9 nitrogen and oxygen atoms in total. The lowest BCUT2D eigenvalue weighted by molar-refractivity contribution is -0.127. The van der Waals surface area contributed by atoms with Gasteiger partial charge in [0.1, 0.15) is 0 Å². The summed E-state index contributed by atoms with van der Waals surface area (Å²) >= 11 is 0. The van der Waals surface area contributed by atoms with Crippen LogP contribution in [0.5, 0.6) is 0 Å². The highest BCUT2D eigenvalue weighted by Gasteiger charge is 2.35. The first kappa shape index (κ1) is 20.0. The van der Waals surface area contributed by atoms with Gasteiger partial charge in [0.15, 0.2) is 15.5 Å². The number of hydrogen-bond donors (Lipinski definition) is 2. The molecule has 1 atom stereocenters. The second-order valence-corrected chi connectivity index (χ2v) is 9.51. The Kier molecular flexibility index (Phi) is 5.25. The highest BCUT2D eigenvalue weighted by molar-refractivity contribution is 7.92. The number of fused-ring (bicyclic) bond motifs is 1. The zero-order valence-electron chi connectivity index (χ0n) is 16.3. The van der Waals surface area contributed by atoms with Gasteiger partial charge in [-0.1, -0.05) is 12.1 Å². The summed E-state index contributed by atoms with van der Waals surface area (Å²) in [6.45, 7) is 2.39. The standard InChI is InChI=1S/C20H21N5O4S/c1-13(26)25-7-6-18(12-25)30(28,29)17-4-2-14(3-5-17)9-22-20(27)16-8-15-11-23-24-19(15)21-10-16/h2-5,8,10-11,18H,6-7,9,12H2,1H3,(H,22,27)(H,21,23,24). The van der Waals surface area contributed by atoms with Gasteiger partial charge in [-0.25, -0.2) is 13.4 Å². The number of hydrogen-bond acceptors (Lipinski definition) is 6. The van der Waals surface area contributed by atoms with E-state index < -0.39 is 15.1 Å². The van der Waals surface area contributed by atoms with E-state index >= 15 is 0 Å². The third-order valence-corrected chi connectivity index (χ3v) is 7.48. The molecule has 4 rings (SSSR count). The van der Waals surface area contributed by atoms with Crippen LogP contribution in [0.15, 0.2) is 47.6 Å². The van der Waals surface area contributed by atoms with Gasteiger partial charge in [-0.3, -0.25) is 14.7 Å². The Morgan fingerprint density at radius 3 is 2.70 bits per heavy atom. The second kappa shape index (κ2) is 7.86. The summed E-state index contributed by atoms with van der Waals surface area (Å²) in [7, 11) is -3.51. The number of sulfone groups is 1. The average Bonchev–Trinajstić information content (AvgIpc) is 3.41. The van der Waals surface area contributed by atoms with Gasteiger partial charge < -0.3 is 10.2 Å². The van der Waals surface area contributed by atoms with Crippen LogP contribution in [0.4, 0.5) is 0 Å². The van der Waals surface area contributed by atoms with E-state index in [1.165, 1.54) is 13.1 Å². The van der Waals surface area contributed by atoms with Crippen molar-refractivity contribution in [1.29, 1.82) is 0 Å². The highest BCUT2D eigenvalue weighted by atomic mass is 32.2. The fraction of sp³-hybridized carbons (Fsp3) is 0.300. The molecular weight excluding hydrogens is 406 g/mol. The number of amides is 2. The summed E-state index contributed by atoms with van der Waals surface area (Å²) < 4.78 is 25.7. The summed E-state index contributed by atoms with van der Waals surface area (Å²) in [4.78, 5) is 29.7. The number of nitrogens with one attached hydrogen (secondary N) is 2. The number of carbonyl (C=O) groups excluding carboxylic acids is 2. The number of pyridine rings is 1. The summed E-state index contributed by atoms with van der Waals surface area (Å²) in [6, 6.07) is 8.16. The predicted octanol–water partition coefficient (Wildman–Crippen LogP) is 1.28. The Labute approximate surface area is 173 Å². The lowest BCUT2D eigenvalue weighted by Crippen LogP contribution is -2.30. The number of rotatable bonds is 5. The van der Waals surface area contributed by atoms with Crippen LogP contribution in [0, 0.1) is 0 Å². The SMILES string of the molecule is CC(=O)N1CCC(S(=O)(=O)c2ccc(CNC(=O)c3cnc4[nH]ncc4c3)cc2)C1. The number of H-pyrrole nitrogens is 1. The normalized spacial score (nSPS) is 16.7. The molecule has 2 aromatic heterocycles. The van der Waals surface area contributed by atoms with Crippen LogP contribution in [0.1, 0.15) is 29.3 Å². The van der Waals surface area contributed by atoms with Crippen molar-refractivity contribution in [2.75, 3.05) is 13.1 Å². The molecule has 3 aromatic rings. The maximum absolute atomic E-state index is 12.8. The molecule has 1 fully saturated rings. The van der Waals surface area contributed by atoms with Crippen molar-refractivity contribution in [3.63, 3.8) is 0 Å². The number of carbonyl (C=O) groups is 2. The van der Waals surface area contributed by atoms with Crippen molar-refractivity contribution < 1.29 is 18.0 Å². The predicted molar refractivity (Wildman–Crippen MR) is 109 cm³/mol. The van der Waals surface area contributed by atoms with Crippen molar-refractivity contribution >= 4 is 32.7 Å². The summed E-state index contributed by atoms with van der Waals surface area (Å²) in [5, 5.41) is 9.56. The molecule has 3 heterocycles. The lowest BCUT2D eigenvalue weighted by atomic mass is 10.2. The van der Waals surface area contributed by atoms with Gasteiger partial charge in [-0.2, -0.15) is 5.10 Å². The number of aromatic nitrogens is 3. The Morgan fingerprint density at radius 1 is 1.23 bits per heavy atom. The van der Waals surface area contributed by atoms with E-state index in [0.717, 1.165) is 10.9 Å². The number of nitrogens with zero attached hydrogens (tertiary/aromatic N) is 3. The number of aromatic amines is 1. The first-order valence-electron chi connectivity index (χ1n) is 9.50. The minimum atomic E-state index is -3.51. The monoisotopic (exact) mass is 427 g/mol. The fourth-order valence-corrected chi connectivity index (χ4v) is 5.19. The van der Waals surface area contributed by atoms with Crippen molar-refractivity contribution in [3.8, 4) is 0 Å². The first-order chi connectivity index (χ1) is 14.3. The van der Waals surface area contributed by atoms with Crippen LogP contribution >= 0.6 is 0 Å². The van der Waals surface area contributed by atoms with E-state index in [9.17, 15) is 18.0 Å². The van der Waals surface area contributed by atoms with Crippen molar-refractivity contribution in [2.45, 2.75) is 30.0 Å². The van der Waals surface area contributed by atoms with Gasteiger partial charge in [-0.05, 0) is 30.2 Å². The highest BCUT2D eigenvalue weighted by Crippen LogP contribution is 2.24. The van der Waals surface area contributed by atoms with Crippen LogP contribution < -0.4 is 5.32 Å². The lowest BCUT2D eigenvalue weighted by Gasteiger charge is -2.15. The Bertz CT molecular complexity index is 1200. The minimum Gasteiger partial charge on any atom is -0.348 e. The van der Waals surface area contributed by atoms with Crippen LogP contribution in [-0.4, -0.2) is 58.7 Å². The van der Waals surface area contributed by atoms with E-state index in [-0.39, 0.29) is 29.8 Å². The van der Waals surface area contributed by atoms with Gasteiger partial charge in [0.05, 0.1) is 21.9 Å². The maximum Gasteiger partial charge on any atom is 0.253 e. The Morgan fingerprint density at radius 2 is 2.00 bits per heavy atom. The van der Waals surface area contributed by atoms with Crippen molar-refractivity contribution in [1.82, 2.24) is 25.4 Å². The molecule has 1 saturated heterocycles. The molecule has 0 radical (unpaired) electrons. The zero-order chi connectivity index (χ0) is 21.3. The van der Waals surface area contributed by atoms with Gasteiger partial charge in [0, 0.05) is 38.1 Å². The third kappa shape index (κ3) is 3.90. The largest absolute Gasteiger partial charge is 0.348 e. The quantitative estimate of drug-likeness (QED) is 0.632. The molecule has 156 valence electrons. The third-order valence-electron chi connectivity index (χ3n) is 5.29. The molecule has 2 amide bonds.